The predicted molar refractivity (Wildman–Crippen MR) is 72.6 cm³/mol. The number of hydrogen-bond donors (Lipinski definition) is 1. The average Bonchev–Trinajstić information content (AvgIpc) is 2.74. The van der Waals surface area contributed by atoms with Gasteiger partial charge in [-0.25, -0.2) is 0 Å². The fourth-order valence-corrected chi connectivity index (χ4v) is 2.24. The maximum Gasteiger partial charge on any atom is 0.264 e. The molecule has 102 valence electrons. The first-order chi connectivity index (χ1) is 9.10. The maximum atomic E-state index is 6.12. The van der Waals surface area contributed by atoms with Gasteiger partial charge in [0.2, 0.25) is 0 Å². The van der Waals surface area contributed by atoms with E-state index < -0.39 is 0 Å². The Labute approximate surface area is 120 Å². The molecule has 0 radical (unpaired) electrons. The zero-order valence-electron chi connectivity index (χ0n) is 10.3. The van der Waals surface area contributed by atoms with Gasteiger partial charge in [0.05, 0.1) is 5.02 Å². The fourth-order valence-electron chi connectivity index (χ4n) is 1.65. The molecule has 1 aromatic heterocycles. The second-order valence-electron chi connectivity index (χ2n) is 3.94. The number of halogens is 2. The third-order valence-electron chi connectivity index (χ3n) is 2.41. The molecule has 2 rings (SSSR count). The molecule has 0 aliphatic carbocycles. The van der Waals surface area contributed by atoms with Gasteiger partial charge in [-0.15, -0.1) is 0 Å². The predicted octanol–water partition coefficient (Wildman–Crippen LogP) is 2.77. The molecule has 1 aromatic carbocycles. The summed E-state index contributed by atoms with van der Waals surface area (Å²) >= 11 is 12.1. The molecular weight excluding hydrogens is 289 g/mol. The van der Waals surface area contributed by atoms with E-state index in [4.69, 9.17) is 38.2 Å². The van der Waals surface area contributed by atoms with Gasteiger partial charge in [0.15, 0.2) is 12.4 Å². The van der Waals surface area contributed by atoms with E-state index >= 15 is 0 Å². The lowest BCUT2D eigenvalue weighted by molar-refractivity contribution is 0.241. The van der Waals surface area contributed by atoms with Crippen LogP contribution in [0.5, 0.6) is 5.75 Å². The Kier molecular flexibility index (Phi) is 4.63. The minimum absolute atomic E-state index is 0.153. The zero-order chi connectivity index (χ0) is 13.8. The van der Waals surface area contributed by atoms with Crippen molar-refractivity contribution >= 4 is 23.2 Å². The lowest BCUT2D eigenvalue weighted by Crippen LogP contribution is -2.06. The first-order valence-corrected chi connectivity index (χ1v) is 6.45. The number of rotatable bonds is 5. The highest BCUT2D eigenvalue weighted by atomic mass is 35.5. The highest BCUT2D eigenvalue weighted by molar-refractivity contribution is 6.35. The number of nitrogens with zero attached hydrogens (tertiary/aromatic N) is 2. The number of nitrogens with two attached hydrogens (primary N) is 1. The molecule has 0 saturated carbocycles. The van der Waals surface area contributed by atoms with Crippen LogP contribution in [0.2, 0.25) is 10.0 Å². The summed E-state index contributed by atoms with van der Waals surface area (Å²) in [4.78, 5) is 4.05. The van der Waals surface area contributed by atoms with Crippen LogP contribution in [-0.2, 0) is 13.0 Å². The Morgan fingerprint density at radius 2 is 2.16 bits per heavy atom. The van der Waals surface area contributed by atoms with Gasteiger partial charge in [0.1, 0.15) is 5.75 Å². The topological polar surface area (TPSA) is 74.2 Å². The normalized spacial score (nSPS) is 10.7. The van der Waals surface area contributed by atoms with Crippen molar-refractivity contribution in [3.05, 3.63) is 39.5 Å². The molecule has 0 atom stereocenters. The molecule has 2 aromatic rings. The van der Waals surface area contributed by atoms with E-state index in [2.05, 4.69) is 10.1 Å². The van der Waals surface area contributed by atoms with Crippen LogP contribution in [0.1, 0.15) is 17.3 Å². The summed E-state index contributed by atoms with van der Waals surface area (Å²) in [5.74, 6) is 1.50. The molecule has 19 heavy (non-hydrogen) atoms. The molecule has 0 aliphatic heterocycles. The maximum absolute atomic E-state index is 6.12. The van der Waals surface area contributed by atoms with Gasteiger partial charge in [-0.2, -0.15) is 4.98 Å². The third-order valence-corrected chi connectivity index (χ3v) is 2.91. The SMILES string of the molecule is Cc1noc(COc2c(Cl)cc(Cl)cc2CCN)n1. The van der Waals surface area contributed by atoms with Crippen molar-refractivity contribution in [3.8, 4) is 5.75 Å². The van der Waals surface area contributed by atoms with Crippen LogP contribution in [0.25, 0.3) is 0 Å². The number of aryl methyl sites for hydroxylation is 1. The van der Waals surface area contributed by atoms with E-state index in [0.29, 0.717) is 40.5 Å². The molecule has 0 spiro atoms. The number of ether oxygens (including phenoxy) is 1. The van der Waals surface area contributed by atoms with Crippen LogP contribution in [0.15, 0.2) is 16.7 Å². The summed E-state index contributed by atoms with van der Waals surface area (Å²) < 4.78 is 10.6. The van der Waals surface area contributed by atoms with Crippen molar-refractivity contribution in [2.45, 2.75) is 20.0 Å². The van der Waals surface area contributed by atoms with Gasteiger partial charge in [-0.05, 0) is 37.6 Å². The van der Waals surface area contributed by atoms with Crippen LogP contribution in [0, 0.1) is 6.92 Å². The molecule has 0 aliphatic rings. The Bertz CT molecular complexity index is 572. The molecule has 0 bridgehead atoms. The Morgan fingerprint density at radius 3 is 2.79 bits per heavy atom. The minimum Gasteiger partial charge on any atom is -0.482 e. The lowest BCUT2D eigenvalue weighted by Gasteiger charge is -2.12. The number of aromatic nitrogens is 2. The summed E-state index contributed by atoms with van der Waals surface area (Å²) in [6.45, 7) is 2.37. The van der Waals surface area contributed by atoms with Gasteiger partial charge in [0.25, 0.3) is 5.89 Å². The van der Waals surface area contributed by atoms with E-state index in [0.717, 1.165) is 5.56 Å². The Balaban J connectivity index is 2.18. The van der Waals surface area contributed by atoms with Crippen molar-refractivity contribution in [2.24, 2.45) is 5.73 Å². The van der Waals surface area contributed by atoms with Crippen molar-refractivity contribution < 1.29 is 9.26 Å². The second-order valence-corrected chi connectivity index (χ2v) is 4.78. The third kappa shape index (κ3) is 3.59. The van der Waals surface area contributed by atoms with E-state index in [1.54, 1.807) is 19.1 Å². The van der Waals surface area contributed by atoms with Gasteiger partial charge in [-0.3, -0.25) is 0 Å². The molecule has 0 unspecified atom stereocenters. The molecule has 5 nitrogen and oxygen atoms in total. The van der Waals surface area contributed by atoms with E-state index in [9.17, 15) is 0 Å². The summed E-state index contributed by atoms with van der Waals surface area (Å²) in [6, 6.07) is 3.41. The zero-order valence-corrected chi connectivity index (χ0v) is 11.8. The molecule has 0 amide bonds. The molecule has 2 N–H and O–H groups in total. The van der Waals surface area contributed by atoms with E-state index in [1.807, 2.05) is 0 Å². The van der Waals surface area contributed by atoms with Gasteiger partial charge in [0, 0.05) is 5.02 Å². The number of benzene rings is 1. The number of hydrogen-bond acceptors (Lipinski definition) is 5. The molecule has 1 heterocycles. The van der Waals surface area contributed by atoms with Crippen LogP contribution in [0.4, 0.5) is 0 Å². The Morgan fingerprint density at radius 1 is 1.37 bits per heavy atom. The van der Waals surface area contributed by atoms with Crippen LogP contribution < -0.4 is 10.5 Å². The van der Waals surface area contributed by atoms with Crippen molar-refractivity contribution in [2.75, 3.05) is 6.54 Å². The fraction of sp³-hybridized carbons (Fsp3) is 0.333. The highest BCUT2D eigenvalue weighted by Crippen LogP contribution is 2.33. The van der Waals surface area contributed by atoms with Gasteiger partial charge in [-0.1, -0.05) is 28.4 Å². The summed E-state index contributed by atoms with van der Waals surface area (Å²) in [5.41, 5.74) is 6.42. The smallest absolute Gasteiger partial charge is 0.264 e. The second kappa shape index (κ2) is 6.23. The van der Waals surface area contributed by atoms with Crippen molar-refractivity contribution in [3.63, 3.8) is 0 Å². The highest BCUT2D eigenvalue weighted by Gasteiger charge is 2.12. The van der Waals surface area contributed by atoms with Crippen LogP contribution in [0.3, 0.4) is 0 Å². The lowest BCUT2D eigenvalue weighted by atomic mass is 10.1. The standard InChI is InChI=1S/C12H13Cl2N3O2/c1-7-16-11(19-17-7)6-18-12-8(2-3-15)4-9(13)5-10(12)14/h4-5H,2-3,6,15H2,1H3. The first kappa shape index (κ1) is 14.1. The monoisotopic (exact) mass is 301 g/mol. The molecule has 0 saturated heterocycles. The summed E-state index contributed by atoms with van der Waals surface area (Å²) in [5, 5.41) is 4.67. The summed E-state index contributed by atoms with van der Waals surface area (Å²) in [7, 11) is 0. The largest absolute Gasteiger partial charge is 0.482 e. The van der Waals surface area contributed by atoms with Crippen LogP contribution >= 0.6 is 23.2 Å². The molecule has 0 fully saturated rings. The van der Waals surface area contributed by atoms with Crippen molar-refractivity contribution in [1.82, 2.24) is 10.1 Å². The minimum atomic E-state index is 0.153. The quantitative estimate of drug-likeness (QED) is 0.919. The summed E-state index contributed by atoms with van der Waals surface area (Å²) in [6.07, 6.45) is 0.623. The Hall–Kier alpha value is -1.30. The van der Waals surface area contributed by atoms with Crippen LogP contribution in [-0.4, -0.2) is 16.7 Å². The van der Waals surface area contributed by atoms with E-state index in [-0.39, 0.29) is 6.61 Å². The molecular formula is C12H13Cl2N3O2. The van der Waals surface area contributed by atoms with Gasteiger partial charge < -0.3 is 15.0 Å². The van der Waals surface area contributed by atoms with E-state index in [1.165, 1.54) is 0 Å². The molecule has 7 heteroatoms. The van der Waals surface area contributed by atoms with Crippen molar-refractivity contribution in [1.29, 1.82) is 0 Å². The first-order valence-electron chi connectivity index (χ1n) is 5.70. The van der Waals surface area contributed by atoms with Gasteiger partial charge >= 0.3 is 0 Å². The average molecular weight is 302 g/mol.